The molecule has 7 nitrogen and oxygen atoms in total. The van der Waals surface area contributed by atoms with Crippen molar-refractivity contribution in [3.05, 3.63) is 53.2 Å². The van der Waals surface area contributed by atoms with Crippen molar-refractivity contribution in [2.45, 2.75) is 83.7 Å². The van der Waals surface area contributed by atoms with E-state index in [1.165, 1.54) is 0 Å². The van der Waals surface area contributed by atoms with Crippen molar-refractivity contribution in [1.29, 1.82) is 0 Å². The molecule has 2 fully saturated rings. The molecular weight excluding hydrogens is 560 g/mol. The van der Waals surface area contributed by atoms with Crippen LogP contribution >= 0.6 is 0 Å². The van der Waals surface area contributed by atoms with Crippen molar-refractivity contribution in [3.63, 3.8) is 0 Å². The zero-order valence-electron chi connectivity index (χ0n) is 26.5. The van der Waals surface area contributed by atoms with Crippen LogP contribution in [0, 0.1) is 12.8 Å². The third-order valence-electron chi connectivity index (χ3n) is 9.96. The van der Waals surface area contributed by atoms with Gasteiger partial charge in [-0.15, -0.1) is 5.10 Å². The van der Waals surface area contributed by atoms with E-state index in [1.54, 1.807) is 18.2 Å². The van der Waals surface area contributed by atoms with Gasteiger partial charge in [-0.2, -0.15) is 5.10 Å². The molecule has 9 heteroatoms. The molecule has 0 amide bonds. The number of nitrogens with zero attached hydrogens (tertiary/aromatic N) is 4. The molecule has 6 aliphatic rings. The van der Waals surface area contributed by atoms with E-state index in [0.29, 0.717) is 44.5 Å². The Morgan fingerprint density at radius 1 is 0.864 bits per heavy atom. The van der Waals surface area contributed by atoms with Gasteiger partial charge in [0, 0.05) is 41.4 Å². The lowest BCUT2D eigenvalue weighted by Gasteiger charge is -2.39. The molecule has 0 aliphatic carbocycles. The number of alkyl halides is 2. The average Bonchev–Trinajstić information content (AvgIpc) is 3.05. The Kier molecular flexibility index (Phi) is 9.52. The molecule has 1 N–H and O–H groups in total. The molecular formula is C35H47F2N5O2. The lowest BCUT2D eigenvalue weighted by Crippen LogP contribution is -2.43. The Balaban J connectivity index is 1.36. The van der Waals surface area contributed by atoms with E-state index in [4.69, 9.17) is 9.47 Å². The van der Waals surface area contributed by atoms with Gasteiger partial charge in [0.15, 0.2) is 5.82 Å². The minimum Gasteiger partial charge on any atom is -0.491 e. The van der Waals surface area contributed by atoms with Crippen molar-refractivity contribution in [2.75, 3.05) is 56.2 Å². The van der Waals surface area contributed by atoms with Gasteiger partial charge in [0.25, 0.3) is 5.92 Å². The van der Waals surface area contributed by atoms with E-state index in [2.05, 4.69) is 44.4 Å². The minimum absolute atomic E-state index is 0.102. The normalized spacial score (nSPS) is 26.8. The van der Waals surface area contributed by atoms with Crippen LogP contribution < -0.4 is 15.0 Å². The summed E-state index contributed by atoms with van der Waals surface area (Å²) in [6.45, 7) is 11.3. The number of benzene rings is 2. The number of halogens is 2. The molecule has 2 saturated heterocycles. The Bertz CT molecular complexity index is 1420. The number of ether oxygens (including phenoxy) is 2. The number of morpholine rings is 1. The van der Waals surface area contributed by atoms with E-state index in [1.807, 2.05) is 19.9 Å². The van der Waals surface area contributed by atoms with Crippen LogP contribution in [-0.2, 0) is 10.7 Å². The maximum Gasteiger partial charge on any atom is 0.276 e. The van der Waals surface area contributed by atoms with Crippen molar-refractivity contribution in [2.24, 2.45) is 5.92 Å². The van der Waals surface area contributed by atoms with Crippen LogP contribution in [0.4, 0.5) is 20.3 Å². The van der Waals surface area contributed by atoms with Gasteiger partial charge in [0.1, 0.15) is 5.75 Å². The summed E-state index contributed by atoms with van der Waals surface area (Å²) >= 11 is 0. The first-order valence-electron chi connectivity index (χ1n) is 16.6. The first kappa shape index (κ1) is 31.0. The van der Waals surface area contributed by atoms with E-state index >= 15 is 8.78 Å². The number of hydrogen-bond acceptors (Lipinski definition) is 7. The average molecular weight is 608 g/mol. The molecule has 1 aromatic heterocycles. The van der Waals surface area contributed by atoms with Crippen molar-refractivity contribution in [3.8, 4) is 5.75 Å². The summed E-state index contributed by atoms with van der Waals surface area (Å²) in [5, 5.41) is 14.4. The number of rotatable bonds is 1. The van der Waals surface area contributed by atoms with Crippen LogP contribution in [0.15, 0.2) is 36.4 Å². The van der Waals surface area contributed by atoms with Crippen molar-refractivity contribution >= 4 is 22.3 Å². The Morgan fingerprint density at radius 3 is 2.43 bits per heavy atom. The number of aryl methyl sites for hydroxylation is 1. The van der Waals surface area contributed by atoms with Crippen LogP contribution in [0.1, 0.15) is 81.7 Å². The highest BCUT2D eigenvalue weighted by Gasteiger charge is 2.43. The summed E-state index contributed by atoms with van der Waals surface area (Å²) in [4.78, 5) is 4.73. The summed E-state index contributed by atoms with van der Waals surface area (Å²) in [5.74, 6) is -2.03. The van der Waals surface area contributed by atoms with Gasteiger partial charge < -0.3 is 24.6 Å². The highest BCUT2D eigenvalue weighted by atomic mass is 19.3. The van der Waals surface area contributed by atoms with Crippen molar-refractivity contribution in [1.82, 2.24) is 15.1 Å². The molecule has 0 radical (unpaired) electrons. The molecule has 3 aromatic rings. The van der Waals surface area contributed by atoms with Crippen molar-refractivity contribution < 1.29 is 18.3 Å². The molecule has 44 heavy (non-hydrogen) atoms. The molecule has 6 aliphatic heterocycles. The number of nitrogens with one attached hydrogen (secondary N) is 1. The zero-order chi connectivity index (χ0) is 30.7. The number of aromatic nitrogens is 2. The maximum absolute atomic E-state index is 16.0. The third kappa shape index (κ3) is 6.64. The molecule has 2 atom stereocenters. The number of hydrogen-bond donors (Lipinski definition) is 1. The number of piperidine rings is 1. The monoisotopic (exact) mass is 607 g/mol. The summed E-state index contributed by atoms with van der Waals surface area (Å²) in [5.41, 5.74) is 2.76. The summed E-state index contributed by atoms with van der Waals surface area (Å²) in [6, 6.07) is 11.4. The lowest BCUT2D eigenvalue weighted by molar-refractivity contribution is -0.0883. The topological polar surface area (TPSA) is 62.8 Å². The number of anilines is 2. The molecule has 7 heterocycles. The summed E-state index contributed by atoms with van der Waals surface area (Å²) < 4.78 is 44.0. The fourth-order valence-corrected chi connectivity index (χ4v) is 7.07. The second-order valence-electron chi connectivity index (χ2n) is 12.9. The molecule has 0 saturated carbocycles. The Morgan fingerprint density at radius 2 is 1.64 bits per heavy atom. The van der Waals surface area contributed by atoms with Gasteiger partial charge in [0.2, 0.25) is 0 Å². The third-order valence-corrected chi connectivity index (χ3v) is 9.96. The highest BCUT2D eigenvalue weighted by molar-refractivity contribution is 5.97. The summed E-state index contributed by atoms with van der Waals surface area (Å²) in [6.07, 6.45) is 6.53. The molecule has 1 unspecified atom stereocenters. The van der Waals surface area contributed by atoms with Crippen LogP contribution in [-0.4, -0.2) is 67.1 Å². The van der Waals surface area contributed by atoms with Gasteiger partial charge in [0.05, 0.1) is 37.2 Å². The molecule has 8 bridgehead atoms. The second kappa shape index (κ2) is 13.5. The molecule has 238 valence electrons. The van der Waals surface area contributed by atoms with Crippen LogP contribution in [0.3, 0.4) is 0 Å². The SMILES string of the molecule is Cc1nnc2c3cc(N4CCOCC4)c(cc13)OCCCCCCC(C)N1CCC(CC1)C(F)(F)c1cccc(c1)[C@@H](C)N2. The van der Waals surface area contributed by atoms with Gasteiger partial charge in [-0.05, 0) is 83.3 Å². The first-order chi connectivity index (χ1) is 21.3. The van der Waals surface area contributed by atoms with E-state index < -0.39 is 11.8 Å². The highest BCUT2D eigenvalue weighted by Crippen LogP contribution is 2.43. The quantitative estimate of drug-likeness (QED) is 0.308. The van der Waals surface area contributed by atoms with E-state index in [0.717, 1.165) is 91.7 Å². The lowest BCUT2D eigenvalue weighted by atomic mass is 9.85. The fraction of sp³-hybridized carbons (Fsp3) is 0.600. The van der Waals surface area contributed by atoms with Crippen LogP contribution in [0.2, 0.25) is 0 Å². The predicted molar refractivity (Wildman–Crippen MR) is 172 cm³/mol. The van der Waals surface area contributed by atoms with Crippen LogP contribution in [0.25, 0.3) is 10.8 Å². The van der Waals surface area contributed by atoms with E-state index in [9.17, 15) is 0 Å². The minimum atomic E-state index is -2.87. The van der Waals surface area contributed by atoms with Gasteiger partial charge >= 0.3 is 0 Å². The zero-order valence-corrected chi connectivity index (χ0v) is 26.5. The van der Waals surface area contributed by atoms with Gasteiger partial charge in [-0.25, -0.2) is 8.78 Å². The molecule has 9 rings (SSSR count). The largest absolute Gasteiger partial charge is 0.491 e. The first-order valence-corrected chi connectivity index (χ1v) is 16.6. The summed E-state index contributed by atoms with van der Waals surface area (Å²) in [7, 11) is 0. The maximum atomic E-state index is 16.0. The van der Waals surface area contributed by atoms with Gasteiger partial charge in [-0.1, -0.05) is 37.5 Å². The van der Waals surface area contributed by atoms with Crippen LogP contribution in [0.5, 0.6) is 5.75 Å². The molecule has 0 spiro atoms. The van der Waals surface area contributed by atoms with Gasteiger partial charge in [-0.3, -0.25) is 0 Å². The standard InChI is InChI=1S/C35H47F2N5O2/c1-24-9-6-4-5-7-18-44-33-23-30-26(3)39-40-34(31(30)22-32(33)42-16-19-43-20-17-42)38-25(2)27-10-8-11-29(21-27)35(36,37)28-12-14-41(24)15-13-28/h8,10-11,21-25,28H,4-7,9,12-20H2,1-3H3,(H,38,40)/t24?,25-/m1/s1. The predicted octanol–water partition coefficient (Wildman–Crippen LogP) is 7.48. The van der Waals surface area contributed by atoms with E-state index in [-0.39, 0.29) is 11.6 Å². The smallest absolute Gasteiger partial charge is 0.276 e. The molecule has 2 aromatic carbocycles. The fourth-order valence-electron chi connectivity index (χ4n) is 7.07. The Hall–Kier alpha value is -3.04. The Labute approximate surface area is 260 Å². The second-order valence-corrected chi connectivity index (χ2v) is 12.9.